The van der Waals surface area contributed by atoms with Gasteiger partial charge in [-0.15, -0.1) is 20.8 Å². The van der Waals surface area contributed by atoms with E-state index in [-0.39, 0.29) is 6.61 Å². The van der Waals surface area contributed by atoms with E-state index in [0.717, 1.165) is 18.1 Å². The number of aryl methyl sites for hydroxylation is 2. The third kappa shape index (κ3) is 22.1. The van der Waals surface area contributed by atoms with Gasteiger partial charge in [-0.1, -0.05) is 115 Å². The summed E-state index contributed by atoms with van der Waals surface area (Å²) < 4.78 is 16.7. The van der Waals surface area contributed by atoms with E-state index >= 15 is 0 Å². The summed E-state index contributed by atoms with van der Waals surface area (Å²) in [6.45, 7) is 18.4. The highest BCUT2D eigenvalue weighted by Crippen LogP contribution is 2.17. The van der Waals surface area contributed by atoms with Crippen LogP contribution in [0.4, 0.5) is 0 Å². The Labute approximate surface area is 271 Å². The van der Waals surface area contributed by atoms with Crippen LogP contribution in [0.5, 0.6) is 0 Å². The van der Waals surface area contributed by atoms with Crippen molar-refractivity contribution >= 4 is 31.6 Å². The topological polar surface area (TPSA) is 41.5 Å². The van der Waals surface area contributed by atoms with Crippen molar-refractivity contribution in [2.45, 2.75) is 120 Å². The first-order valence-corrected chi connectivity index (χ1v) is 16.1. The van der Waals surface area contributed by atoms with Crippen LogP contribution in [-0.4, -0.2) is 36.0 Å². The number of hydrogen-bond donors (Lipinski definition) is 2. The molecule has 0 amide bonds. The van der Waals surface area contributed by atoms with Gasteiger partial charge in [-0.25, -0.2) is 0 Å². The maximum absolute atomic E-state index is 8.95. The van der Waals surface area contributed by atoms with Gasteiger partial charge in [0.25, 0.3) is 0 Å². The molecule has 3 nitrogen and oxygen atoms in total. The molecular formula is C37H65ClNO2P. The SMILES string of the molecule is CC1CCCO1.CCC(P)NC(C)C.CCl.Cc1ccc(CC(C)C)cc1.Cc1ccc2cc(CO)ccc2c1.[2H]C.[3H]C. The fourth-order valence-corrected chi connectivity index (χ4v) is 4.38. The third-order valence-electron chi connectivity index (χ3n) is 6.15. The van der Waals surface area contributed by atoms with E-state index in [1.807, 2.05) is 18.2 Å². The molecule has 1 heterocycles. The highest BCUT2D eigenvalue weighted by atomic mass is 35.5. The van der Waals surface area contributed by atoms with Gasteiger partial charge in [-0.05, 0) is 80.3 Å². The minimum atomic E-state index is 0.115. The standard InChI is InChI=1S/C12H12O.C11H16.C6H16NP.C5H10O.CH3Cl.2CH4/c1-9-2-4-12-7-10(8-13)3-5-11(12)6-9;1-9(2)8-11-6-4-10(3)5-7-11;1-4-6(8)7-5(2)3;1-5-3-2-4-6-5;1-2;;/h2-7,13H,8H2,1H3;4-7,9H,8H2,1-3H3;5-7H,4,8H2,1-3H3;5H,2-4H2,1H3;1H3;2*1H4/i;;;;;1T;1D. The third-order valence-corrected chi connectivity index (χ3v) is 6.82. The largest absolute Gasteiger partial charge is 0.392 e. The number of rotatable bonds is 6. The molecule has 0 aromatic heterocycles. The molecule has 0 radical (unpaired) electrons. The molecule has 3 unspecified atom stereocenters. The van der Waals surface area contributed by atoms with Crippen LogP contribution in [0.2, 0.25) is 0 Å². The van der Waals surface area contributed by atoms with E-state index in [9.17, 15) is 0 Å². The van der Waals surface area contributed by atoms with Crippen LogP contribution < -0.4 is 5.32 Å². The molecule has 1 aliphatic rings. The lowest BCUT2D eigenvalue weighted by molar-refractivity contribution is 0.125. The number of nitrogens with one attached hydrogen (secondary N) is 1. The van der Waals surface area contributed by atoms with Gasteiger partial charge in [0, 0.05) is 27.6 Å². The van der Waals surface area contributed by atoms with Crippen molar-refractivity contribution in [3.05, 3.63) is 82.9 Å². The molecule has 242 valence electrons. The Bertz CT molecular complexity index is 1030. The van der Waals surface area contributed by atoms with E-state index in [2.05, 4.69) is 124 Å². The van der Waals surface area contributed by atoms with Crippen LogP contribution in [-0.2, 0) is 17.8 Å². The predicted molar refractivity (Wildman–Crippen MR) is 196 cm³/mol. The number of aliphatic hydroxyl groups is 1. The molecule has 0 saturated carbocycles. The minimum absolute atomic E-state index is 0.115. The number of aliphatic hydroxyl groups excluding tert-OH is 1. The van der Waals surface area contributed by atoms with E-state index in [4.69, 9.17) is 12.6 Å². The highest BCUT2D eigenvalue weighted by molar-refractivity contribution is 7.17. The molecule has 3 atom stereocenters. The molecule has 1 saturated heterocycles. The van der Waals surface area contributed by atoms with E-state index in [1.54, 1.807) is 0 Å². The Kier molecular flexibility index (Phi) is 26.1. The monoisotopic (exact) mass is 624 g/mol. The summed E-state index contributed by atoms with van der Waals surface area (Å²) in [4.78, 5) is 0. The first-order valence-electron chi connectivity index (χ1n) is 16.7. The molecule has 0 bridgehead atoms. The Balaban J connectivity index is -0.000000496. The van der Waals surface area contributed by atoms with Crippen LogP contribution >= 0.6 is 20.8 Å². The number of ether oxygens (including phenoxy) is 1. The molecule has 3 aromatic rings. The van der Waals surface area contributed by atoms with Crippen molar-refractivity contribution < 1.29 is 12.6 Å². The Morgan fingerprint density at radius 2 is 1.50 bits per heavy atom. The van der Waals surface area contributed by atoms with E-state index < -0.39 is 0 Å². The number of alkyl halides is 1. The quantitative estimate of drug-likeness (QED) is 0.212. The Hall–Kier alpha value is -1.48. The fourth-order valence-electron chi connectivity index (χ4n) is 3.99. The van der Waals surface area contributed by atoms with Crippen LogP contribution in [0.15, 0.2) is 60.7 Å². The van der Waals surface area contributed by atoms with Crippen LogP contribution in [0.3, 0.4) is 0 Å². The second-order valence-electron chi connectivity index (χ2n) is 11.1. The Morgan fingerprint density at radius 3 is 1.90 bits per heavy atom. The molecule has 42 heavy (non-hydrogen) atoms. The summed E-state index contributed by atoms with van der Waals surface area (Å²) in [5, 5.41) is 14.7. The maximum atomic E-state index is 8.95. The average molecular weight is 625 g/mol. The second-order valence-corrected chi connectivity index (χ2v) is 11.9. The first kappa shape index (κ1) is 40.5. The van der Waals surface area contributed by atoms with Crippen LogP contribution in [0, 0.1) is 19.8 Å². The molecule has 0 spiro atoms. The zero-order valence-electron chi connectivity index (χ0n) is 30.6. The van der Waals surface area contributed by atoms with Crippen molar-refractivity contribution in [1.82, 2.24) is 5.32 Å². The number of halogens is 1. The number of hydrogen-bond acceptors (Lipinski definition) is 3. The van der Waals surface area contributed by atoms with Gasteiger partial charge in [0.2, 0.25) is 0 Å². The zero-order chi connectivity index (χ0) is 34.5. The van der Waals surface area contributed by atoms with Crippen molar-refractivity contribution in [2.24, 2.45) is 5.92 Å². The summed E-state index contributed by atoms with van der Waals surface area (Å²) >= 11 is 4.64. The lowest BCUT2D eigenvalue weighted by Crippen LogP contribution is -2.29. The molecule has 2 N–H and O–H groups in total. The smallest absolute Gasteiger partial charge is 0.0682 e. The summed E-state index contributed by atoms with van der Waals surface area (Å²) in [5.74, 6) is 1.35. The van der Waals surface area contributed by atoms with Crippen molar-refractivity contribution in [3.8, 4) is 0 Å². The summed E-state index contributed by atoms with van der Waals surface area (Å²) in [5.41, 5.74) is 5.03. The average Bonchev–Trinajstić information content (AvgIpc) is 3.52. The van der Waals surface area contributed by atoms with Gasteiger partial charge in [-0.2, -0.15) is 0 Å². The minimum Gasteiger partial charge on any atom is -0.392 e. The molecule has 1 aliphatic heterocycles. The fraction of sp³-hybridized carbons (Fsp3) is 0.568. The first-order chi connectivity index (χ1) is 21.0. The van der Waals surface area contributed by atoms with Crippen LogP contribution in [0.1, 0.15) is 101 Å². The molecule has 5 heteroatoms. The predicted octanol–water partition coefficient (Wildman–Crippen LogP) is 10.7. The summed E-state index contributed by atoms with van der Waals surface area (Å²) in [7, 11) is 5.27. The van der Waals surface area contributed by atoms with Gasteiger partial charge in [0.15, 0.2) is 0 Å². The zero-order valence-corrected chi connectivity index (χ0v) is 30.5. The van der Waals surface area contributed by atoms with Gasteiger partial charge in [0.1, 0.15) is 0 Å². The molecule has 0 aliphatic carbocycles. The maximum Gasteiger partial charge on any atom is 0.0682 e. The lowest BCUT2D eigenvalue weighted by atomic mass is 10.0. The lowest BCUT2D eigenvalue weighted by Gasteiger charge is -2.13. The second kappa shape index (κ2) is 27.1. The van der Waals surface area contributed by atoms with E-state index in [1.165, 1.54) is 74.3 Å². The molecule has 1 fully saturated rings. The van der Waals surface area contributed by atoms with Crippen molar-refractivity contribution in [2.75, 3.05) is 13.0 Å². The normalized spacial score (nSPS) is 14.2. The van der Waals surface area contributed by atoms with Crippen molar-refractivity contribution in [1.29, 1.82) is 0 Å². The van der Waals surface area contributed by atoms with Crippen LogP contribution in [0.25, 0.3) is 10.8 Å². The van der Waals surface area contributed by atoms with E-state index in [0.29, 0.717) is 17.9 Å². The number of fused-ring (bicyclic) bond motifs is 1. The van der Waals surface area contributed by atoms with Gasteiger partial charge in [0.05, 0.1) is 12.7 Å². The summed E-state index contributed by atoms with van der Waals surface area (Å²) in [6, 6.07) is 21.8. The number of benzene rings is 3. The van der Waals surface area contributed by atoms with Crippen molar-refractivity contribution in [3.63, 3.8) is 0 Å². The van der Waals surface area contributed by atoms with Gasteiger partial charge >= 0.3 is 0 Å². The Morgan fingerprint density at radius 1 is 0.976 bits per heavy atom. The van der Waals surface area contributed by atoms with Gasteiger partial charge < -0.3 is 15.2 Å². The highest BCUT2D eigenvalue weighted by Gasteiger charge is 2.07. The summed E-state index contributed by atoms with van der Waals surface area (Å²) in [6.07, 6.45) is 6.93. The molecular weight excluding hydrogens is 557 g/mol. The molecule has 4 rings (SSSR count). The van der Waals surface area contributed by atoms with Gasteiger partial charge in [-0.3, -0.25) is 0 Å². The molecule has 3 aromatic carbocycles.